The molecule has 0 bridgehead atoms. The molecule has 0 aliphatic carbocycles. The summed E-state index contributed by atoms with van der Waals surface area (Å²) in [6, 6.07) is 6.40. The number of halogens is 3. The van der Waals surface area contributed by atoms with Crippen LogP contribution in [0.4, 0.5) is 19.0 Å². The highest BCUT2D eigenvalue weighted by atomic mass is 32.1. The maximum atomic E-state index is 13.9. The average Bonchev–Trinajstić information content (AvgIpc) is 3.25. The fourth-order valence-corrected chi connectivity index (χ4v) is 3.91. The lowest BCUT2D eigenvalue weighted by Gasteiger charge is -2.33. The first kappa shape index (κ1) is 26.7. The Morgan fingerprint density at radius 1 is 1.29 bits per heavy atom. The predicted molar refractivity (Wildman–Crippen MR) is 131 cm³/mol. The van der Waals surface area contributed by atoms with Gasteiger partial charge in [0, 0.05) is 32.2 Å². The Bertz CT molecular complexity index is 1010. The third-order valence-corrected chi connectivity index (χ3v) is 5.92. The Balaban J connectivity index is 1.68. The van der Waals surface area contributed by atoms with Crippen LogP contribution < -0.4 is 21.5 Å². The van der Waals surface area contributed by atoms with Gasteiger partial charge in [-0.2, -0.15) is 18.3 Å². The number of anilines is 1. The Kier molecular flexibility index (Phi) is 8.95. The molecule has 0 radical (unpaired) electrons. The summed E-state index contributed by atoms with van der Waals surface area (Å²) in [7, 11) is 0. The minimum Gasteiger partial charge on any atom is -0.382 e. The molecule has 0 saturated carbocycles. The van der Waals surface area contributed by atoms with Gasteiger partial charge in [0.2, 0.25) is 0 Å². The first-order chi connectivity index (χ1) is 16.6. The van der Waals surface area contributed by atoms with Crippen molar-refractivity contribution in [1.82, 2.24) is 25.9 Å². The number of carbonyl (C=O) groups excluding carboxylic acids is 1. The number of aromatic nitrogens is 2. The minimum atomic E-state index is -4.53. The van der Waals surface area contributed by atoms with Crippen molar-refractivity contribution in [2.24, 2.45) is 0 Å². The molecule has 1 amide bonds. The summed E-state index contributed by atoms with van der Waals surface area (Å²) in [4.78, 5) is 12.5. The third-order valence-electron chi connectivity index (χ3n) is 5.67. The van der Waals surface area contributed by atoms with Crippen molar-refractivity contribution in [3.8, 4) is 0 Å². The van der Waals surface area contributed by atoms with Crippen LogP contribution >= 0.6 is 12.2 Å². The zero-order chi connectivity index (χ0) is 25.6. The summed E-state index contributed by atoms with van der Waals surface area (Å²) in [6.45, 7) is 7.76. The number of thiocarbonyl (C=S) groups is 1. The van der Waals surface area contributed by atoms with E-state index in [1.807, 2.05) is 31.2 Å². The molecule has 0 fully saturated rings. The molecule has 8 nitrogen and oxygen atoms in total. The summed E-state index contributed by atoms with van der Waals surface area (Å²) in [5.41, 5.74) is 6.58. The maximum Gasteiger partial charge on any atom is 0.410 e. The number of hydrazine groups is 1. The Morgan fingerprint density at radius 3 is 2.63 bits per heavy atom. The van der Waals surface area contributed by atoms with Crippen molar-refractivity contribution < 1.29 is 22.7 Å². The Morgan fingerprint density at radius 2 is 2.00 bits per heavy atom. The molecule has 2 atom stereocenters. The maximum absolute atomic E-state index is 13.9. The van der Waals surface area contributed by atoms with Crippen LogP contribution in [-0.4, -0.2) is 46.7 Å². The average molecular weight is 513 g/mol. The molecule has 2 unspecified atom stereocenters. The molecule has 0 saturated heterocycles. The van der Waals surface area contributed by atoms with Crippen LogP contribution in [0.2, 0.25) is 0 Å². The number of hydrogen-bond acceptors (Lipinski definition) is 5. The number of benzene rings is 1. The van der Waals surface area contributed by atoms with E-state index in [1.165, 1.54) is 6.07 Å². The largest absolute Gasteiger partial charge is 0.410 e. The number of fused-ring (bicyclic) bond motifs is 1. The second kappa shape index (κ2) is 11.7. The van der Waals surface area contributed by atoms with E-state index in [4.69, 9.17) is 17.0 Å². The first-order valence-corrected chi connectivity index (χ1v) is 12.0. The first-order valence-electron chi connectivity index (χ1n) is 11.5. The number of ether oxygens (including phenoxy) is 1. The number of hydrogen-bond donors (Lipinski definition) is 4. The molecule has 35 heavy (non-hydrogen) atoms. The third kappa shape index (κ3) is 7.07. The van der Waals surface area contributed by atoms with Gasteiger partial charge in [-0.1, -0.05) is 38.1 Å². The van der Waals surface area contributed by atoms with Gasteiger partial charge in [-0.05, 0) is 42.6 Å². The highest BCUT2D eigenvalue weighted by Crippen LogP contribution is 2.43. The van der Waals surface area contributed by atoms with E-state index in [0.29, 0.717) is 25.7 Å². The van der Waals surface area contributed by atoms with Crippen LogP contribution in [-0.2, 0) is 4.74 Å². The van der Waals surface area contributed by atoms with Crippen molar-refractivity contribution in [3.63, 3.8) is 0 Å². The van der Waals surface area contributed by atoms with E-state index in [-0.39, 0.29) is 23.0 Å². The highest BCUT2D eigenvalue weighted by Gasteiger charge is 2.46. The van der Waals surface area contributed by atoms with E-state index >= 15 is 0 Å². The van der Waals surface area contributed by atoms with Gasteiger partial charge in [0.25, 0.3) is 5.91 Å². The van der Waals surface area contributed by atoms with Gasteiger partial charge in [-0.3, -0.25) is 15.6 Å². The minimum absolute atomic E-state index is 0.123. The Hall–Kier alpha value is -2.86. The molecular formula is C23H31F3N6O2S. The number of amides is 1. The molecule has 0 spiro atoms. The van der Waals surface area contributed by atoms with Gasteiger partial charge in [-0.15, -0.1) is 0 Å². The molecule has 1 aliphatic rings. The van der Waals surface area contributed by atoms with Gasteiger partial charge in [0.05, 0.1) is 6.04 Å². The van der Waals surface area contributed by atoms with Crippen LogP contribution in [0.25, 0.3) is 0 Å². The summed E-state index contributed by atoms with van der Waals surface area (Å²) in [5.74, 6) is -0.259. The van der Waals surface area contributed by atoms with Gasteiger partial charge in [0.15, 0.2) is 16.8 Å². The van der Waals surface area contributed by atoms with Crippen LogP contribution in [0.1, 0.15) is 73.2 Å². The second-order valence-corrected chi connectivity index (χ2v) is 8.96. The lowest BCUT2D eigenvalue weighted by atomic mass is 9.94. The molecular weight excluding hydrogens is 481 g/mol. The zero-order valence-corrected chi connectivity index (χ0v) is 20.7. The van der Waals surface area contributed by atoms with Gasteiger partial charge in [-0.25, -0.2) is 4.68 Å². The van der Waals surface area contributed by atoms with Gasteiger partial charge >= 0.3 is 6.18 Å². The van der Waals surface area contributed by atoms with Gasteiger partial charge < -0.3 is 15.4 Å². The van der Waals surface area contributed by atoms with E-state index in [0.717, 1.165) is 22.2 Å². The summed E-state index contributed by atoms with van der Waals surface area (Å²) >= 11 is 5.08. The molecule has 3 rings (SSSR count). The number of carbonyl (C=O) groups is 1. The normalized spacial score (nSPS) is 17.5. The molecule has 12 heteroatoms. The lowest BCUT2D eigenvalue weighted by Crippen LogP contribution is -2.47. The molecule has 2 aromatic rings. The number of rotatable bonds is 8. The van der Waals surface area contributed by atoms with Crippen molar-refractivity contribution in [3.05, 3.63) is 47.2 Å². The van der Waals surface area contributed by atoms with E-state index < -0.39 is 24.2 Å². The fourth-order valence-electron chi connectivity index (χ4n) is 3.76. The number of nitrogens with zero attached hydrogens (tertiary/aromatic N) is 2. The zero-order valence-electron chi connectivity index (χ0n) is 19.9. The van der Waals surface area contributed by atoms with Crippen molar-refractivity contribution in [2.75, 3.05) is 25.1 Å². The van der Waals surface area contributed by atoms with Crippen LogP contribution in [0.3, 0.4) is 0 Å². The lowest BCUT2D eigenvalue weighted by molar-refractivity contribution is -0.173. The monoisotopic (exact) mass is 512 g/mol. The summed E-state index contributed by atoms with van der Waals surface area (Å²) < 4.78 is 47.8. The second-order valence-electron chi connectivity index (χ2n) is 8.56. The van der Waals surface area contributed by atoms with Crippen molar-refractivity contribution >= 4 is 29.1 Å². The molecule has 2 heterocycles. The highest BCUT2D eigenvalue weighted by molar-refractivity contribution is 7.80. The smallest absolute Gasteiger partial charge is 0.382 e. The predicted octanol–water partition coefficient (Wildman–Crippen LogP) is 4.20. The van der Waals surface area contributed by atoms with Crippen LogP contribution in [0.15, 0.2) is 30.3 Å². The van der Waals surface area contributed by atoms with E-state index in [2.05, 4.69) is 40.4 Å². The Labute approximate surface area is 207 Å². The standard InChI is InChI=1S/C23H31F3N6O2S/c1-4-34-11-5-10-27-22(35)30-29-21(33)18-13-20-28-17(12-19(23(24,25)26)32(20)31-18)16-8-6-15(7-9-16)14(2)3/h6-9,13-14,17,19,28H,4-5,10-12H2,1-3H3,(H,29,33)(H2,27,30,35). The fraction of sp³-hybridized carbons (Fsp3) is 0.522. The van der Waals surface area contributed by atoms with E-state index in [1.54, 1.807) is 0 Å². The topological polar surface area (TPSA) is 92.2 Å². The molecule has 1 aliphatic heterocycles. The molecule has 1 aromatic carbocycles. The number of alkyl halides is 3. The molecule has 4 N–H and O–H groups in total. The number of nitrogens with one attached hydrogen (secondary N) is 4. The van der Waals surface area contributed by atoms with Crippen LogP contribution in [0, 0.1) is 0 Å². The van der Waals surface area contributed by atoms with Crippen LogP contribution in [0.5, 0.6) is 0 Å². The quantitative estimate of drug-likeness (QED) is 0.239. The van der Waals surface area contributed by atoms with Gasteiger partial charge in [0.1, 0.15) is 5.82 Å². The molecule has 192 valence electrons. The van der Waals surface area contributed by atoms with Crippen molar-refractivity contribution in [2.45, 2.75) is 57.8 Å². The van der Waals surface area contributed by atoms with E-state index in [9.17, 15) is 18.0 Å². The summed E-state index contributed by atoms with van der Waals surface area (Å²) in [5, 5.41) is 10.1. The molecule has 1 aromatic heterocycles. The van der Waals surface area contributed by atoms with Crippen molar-refractivity contribution in [1.29, 1.82) is 0 Å². The summed E-state index contributed by atoms with van der Waals surface area (Å²) in [6.07, 6.45) is -4.05. The SMILES string of the molecule is CCOCCCNC(=S)NNC(=O)c1cc2n(n1)C(C(F)(F)F)CC(c1ccc(C(C)C)cc1)N2.